The van der Waals surface area contributed by atoms with Gasteiger partial charge in [0.1, 0.15) is 0 Å². The predicted molar refractivity (Wildman–Crippen MR) is 89.7 cm³/mol. The Labute approximate surface area is 140 Å². The molecule has 4 fully saturated rings. The molecule has 132 valence electrons. The van der Waals surface area contributed by atoms with Gasteiger partial charge >= 0.3 is 0 Å². The highest BCUT2D eigenvalue weighted by molar-refractivity contribution is 5.19. The van der Waals surface area contributed by atoms with Gasteiger partial charge < -0.3 is 15.3 Å². The number of aliphatic hydroxyl groups is 3. The molecule has 23 heavy (non-hydrogen) atoms. The van der Waals surface area contributed by atoms with E-state index in [0.29, 0.717) is 11.8 Å². The van der Waals surface area contributed by atoms with Crippen molar-refractivity contribution in [2.45, 2.75) is 90.4 Å². The van der Waals surface area contributed by atoms with Crippen molar-refractivity contribution in [3.63, 3.8) is 0 Å². The Kier molecular flexibility index (Phi) is 3.22. The van der Waals surface area contributed by atoms with Crippen molar-refractivity contribution in [2.24, 2.45) is 34.0 Å². The van der Waals surface area contributed by atoms with Crippen LogP contribution in [-0.2, 0) is 0 Å². The van der Waals surface area contributed by atoms with Gasteiger partial charge in [-0.3, -0.25) is 0 Å². The minimum atomic E-state index is -0.707. The summed E-state index contributed by atoms with van der Waals surface area (Å²) in [7, 11) is 0. The summed E-state index contributed by atoms with van der Waals surface area (Å²) in [5.74, 6) is 1.06. The molecule has 4 rings (SSSR count). The smallest absolute Gasteiger partial charge is 0.0679 e. The largest absolute Gasteiger partial charge is 0.393 e. The van der Waals surface area contributed by atoms with E-state index in [2.05, 4.69) is 20.8 Å². The van der Waals surface area contributed by atoms with Gasteiger partial charge in [-0.05, 0) is 74.5 Å². The molecule has 4 aliphatic rings. The van der Waals surface area contributed by atoms with Crippen LogP contribution in [0, 0.1) is 34.0 Å². The van der Waals surface area contributed by atoms with E-state index in [1.54, 1.807) is 0 Å². The average Bonchev–Trinajstić information content (AvgIpc) is 2.56. The van der Waals surface area contributed by atoms with Gasteiger partial charge in [-0.15, -0.1) is 0 Å². The number of aliphatic hydroxyl groups excluding tert-OH is 2. The topological polar surface area (TPSA) is 60.7 Å². The summed E-state index contributed by atoms with van der Waals surface area (Å²) in [4.78, 5) is 0. The van der Waals surface area contributed by atoms with E-state index >= 15 is 0 Å². The number of rotatable bonds is 0. The van der Waals surface area contributed by atoms with Crippen LogP contribution in [0.2, 0.25) is 0 Å². The fourth-order valence-corrected chi connectivity index (χ4v) is 8.08. The van der Waals surface area contributed by atoms with Crippen molar-refractivity contribution in [1.29, 1.82) is 0 Å². The summed E-state index contributed by atoms with van der Waals surface area (Å²) >= 11 is 0. The molecular formula is C20H34O3. The average molecular weight is 322 g/mol. The van der Waals surface area contributed by atoms with Crippen LogP contribution in [0.5, 0.6) is 0 Å². The summed E-state index contributed by atoms with van der Waals surface area (Å²) in [5, 5.41) is 32.6. The molecule has 0 aromatic carbocycles. The Hall–Kier alpha value is -0.120. The highest BCUT2D eigenvalue weighted by atomic mass is 16.3. The number of fused-ring (bicyclic) bond motifs is 3. The molecule has 0 amide bonds. The van der Waals surface area contributed by atoms with Gasteiger partial charge in [0, 0.05) is 11.3 Å². The summed E-state index contributed by atoms with van der Waals surface area (Å²) in [6, 6.07) is 0. The van der Waals surface area contributed by atoms with Gasteiger partial charge in [0.15, 0.2) is 0 Å². The second-order valence-electron chi connectivity index (χ2n) is 10.4. The third-order valence-corrected chi connectivity index (χ3v) is 9.12. The van der Waals surface area contributed by atoms with Crippen LogP contribution in [0.25, 0.3) is 0 Å². The maximum atomic E-state index is 11.1. The second-order valence-corrected chi connectivity index (χ2v) is 10.4. The molecule has 3 nitrogen and oxygen atoms in total. The highest BCUT2D eigenvalue weighted by Gasteiger charge is 2.70. The zero-order valence-electron chi connectivity index (χ0n) is 15.2. The third kappa shape index (κ3) is 1.82. The quantitative estimate of drug-likeness (QED) is 0.642. The molecule has 8 atom stereocenters. The first-order chi connectivity index (χ1) is 10.6. The normalized spacial score (nSPS) is 60.9. The molecule has 1 spiro atoms. The van der Waals surface area contributed by atoms with Gasteiger partial charge in [0.2, 0.25) is 0 Å². The van der Waals surface area contributed by atoms with E-state index in [9.17, 15) is 15.3 Å². The first-order valence-electron chi connectivity index (χ1n) is 9.64. The van der Waals surface area contributed by atoms with Crippen LogP contribution in [0.4, 0.5) is 0 Å². The SMILES string of the molecule is CC1(O)CC23CCC4C(C)(C)C(O)CCC4(C)C2CCC1C3O. The van der Waals surface area contributed by atoms with Crippen molar-refractivity contribution >= 4 is 0 Å². The lowest BCUT2D eigenvalue weighted by Crippen LogP contribution is -2.61. The molecule has 0 aromatic rings. The standard InChI is InChI=1S/C20H34O3/c1-17(2)13-7-10-20-11-19(4,23)12(16(20)22)5-6-14(20)18(13,3)9-8-15(17)21/h12-16,21-23H,5-11H2,1-4H3. The van der Waals surface area contributed by atoms with Crippen LogP contribution in [0.3, 0.4) is 0 Å². The molecule has 3 heteroatoms. The molecule has 4 saturated carbocycles. The molecule has 4 aliphatic carbocycles. The molecule has 0 heterocycles. The number of hydrogen-bond acceptors (Lipinski definition) is 3. The fourth-order valence-electron chi connectivity index (χ4n) is 8.08. The Morgan fingerprint density at radius 1 is 0.826 bits per heavy atom. The molecule has 0 radical (unpaired) electrons. The van der Waals surface area contributed by atoms with Crippen molar-refractivity contribution < 1.29 is 15.3 Å². The first-order valence-corrected chi connectivity index (χ1v) is 9.64. The van der Waals surface area contributed by atoms with Gasteiger partial charge in [-0.1, -0.05) is 20.8 Å². The monoisotopic (exact) mass is 322 g/mol. The van der Waals surface area contributed by atoms with Crippen molar-refractivity contribution in [3.05, 3.63) is 0 Å². The van der Waals surface area contributed by atoms with E-state index < -0.39 is 5.60 Å². The molecule has 0 aromatic heterocycles. The van der Waals surface area contributed by atoms with Crippen LogP contribution in [0.15, 0.2) is 0 Å². The zero-order chi connectivity index (χ0) is 16.8. The van der Waals surface area contributed by atoms with Gasteiger partial charge in [-0.25, -0.2) is 0 Å². The zero-order valence-corrected chi connectivity index (χ0v) is 15.2. The highest BCUT2D eigenvalue weighted by Crippen LogP contribution is 2.72. The maximum absolute atomic E-state index is 11.1. The van der Waals surface area contributed by atoms with Crippen LogP contribution >= 0.6 is 0 Å². The van der Waals surface area contributed by atoms with Crippen molar-refractivity contribution in [1.82, 2.24) is 0 Å². The Morgan fingerprint density at radius 3 is 2.22 bits per heavy atom. The first kappa shape index (κ1) is 16.4. The van der Waals surface area contributed by atoms with E-state index in [4.69, 9.17) is 0 Å². The Morgan fingerprint density at radius 2 is 1.52 bits per heavy atom. The lowest BCUT2D eigenvalue weighted by molar-refractivity contribution is -0.205. The van der Waals surface area contributed by atoms with Crippen molar-refractivity contribution in [2.75, 3.05) is 0 Å². The fraction of sp³-hybridized carbons (Fsp3) is 1.00. The lowest BCUT2D eigenvalue weighted by atomic mass is 9.40. The maximum Gasteiger partial charge on any atom is 0.0679 e. The molecule has 3 N–H and O–H groups in total. The molecule has 8 unspecified atom stereocenters. The second kappa shape index (κ2) is 4.53. The van der Waals surface area contributed by atoms with Gasteiger partial charge in [0.05, 0.1) is 17.8 Å². The van der Waals surface area contributed by atoms with E-state index in [1.807, 2.05) is 6.92 Å². The Bertz CT molecular complexity index is 513. The third-order valence-electron chi connectivity index (χ3n) is 9.12. The molecule has 2 bridgehead atoms. The molecule has 0 aliphatic heterocycles. The van der Waals surface area contributed by atoms with Gasteiger partial charge in [0.25, 0.3) is 0 Å². The van der Waals surface area contributed by atoms with Crippen LogP contribution in [-0.4, -0.2) is 33.1 Å². The number of hydrogen-bond donors (Lipinski definition) is 3. The van der Waals surface area contributed by atoms with E-state index in [-0.39, 0.29) is 34.4 Å². The molecular weight excluding hydrogens is 288 g/mol. The summed E-state index contributed by atoms with van der Waals surface area (Å²) < 4.78 is 0. The minimum Gasteiger partial charge on any atom is -0.393 e. The lowest BCUT2D eigenvalue weighted by Gasteiger charge is -2.65. The van der Waals surface area contributed by atoms with E-state index in [0.717, 1.165) is 44.9 Å². The summed E-state index contributed by atoms with van der Waals surface area (Å²) in [5.41, 5.74) is -0.651. The molecule has 0 saturated heterocycles. The Balaban J connectivity index is 1.77. The summed E-state index contributed by atoms with van der Waals surface area (Å²) in [6.07, 6.45) is 6.34. The van der Waals surface area contributed by atoms with Crippen LogP contribution in [0.1, 0.15) is 72.6 Å². The minimum absolute atomic E-state index is 0.0441. The predicted octanol–water partition coefficient (Wildman–Crippen LogP) is 3.11. The van der Waals surface area contributed by atoms with Gasteiger partial charge in [-0.2, -0.15) is 0 Å². The summed E-state index contributed by atoms with van der Waals surface area (Å²) in [6.45, 7) is 8.85. The van der Waals surface area contributed by atoms with Crippen molar-refractivity contribution in [3.8, 4) is 0 Å². The van der Waals surface area contributed by atoms with Crippen LogP contribution < -0.4 is 0 Å². The van der Waals surface area contributed by atoms with E-state index in [1.165, 1.54) is 0 Å².